The van der Waals surface area contributed by atoms with E-state index in [1.807, 2.05) is 6.07 Å². The monoisotopic (exact) mass is 485 g/mol. The van der Waals surface area contributed by atoms with Crippen LogP contribution >= 0.6 is 0 Å². The number of carbonyl (C=O) groups excluding carboxylic acids is 1. The molecule has 3 rings (SSSR count). The van der Waals surface area contributed by atoms with Gasteiger partial charge in [-0.2, -0.15) is 4.31 Å². The van der Waals surface area contributed by atoms with Gasteiger partial charge in [0.25, 0.3) is 5.91 Å². The van der Waals surface area contributed by atoms with Crippen LogP contribution in [0.4, 0.5) is 4.39 Å². The normalized spacial score (nSPS) is 15.4. The number of halogens is 1. The van der Waals surface area contributed by atoms with Gasteiger partial charge in [0.2, 0.25) is 20.0 Å². The van der Waals surface area contributed by atoms with Crippen molar-refractivity contribution in [2.24, 2.45) is 0 Å². The molecule has 12 heteroatoms. The summed E-state index contributed by atoms with van der Waals surface area (Å²) in [6, 6.07) is 12.0. The van der Waals surface area contributed by atoms with E-state index < -0.39 is 36.7 Å². The lowest BCUT2D eigenvalue weighted by Crippen LogP contribution is -2.41. The fourth-order valence-corrected chi connectivity index (χ4v) is 5.43. The van der Waals surface area contributed by atoms with Crippen LogP contribution in [0.5, 0.6) is 0 Å². The standard InChI is InChI=1S/C20H24FN3O6S2/c21-18-7-6-17(14-19(18)32(28,29)24-9-11-30-12-10-24)20(25)22-8-13-31(26,27)23-15-16-4-2-1-3-5-16/h1-7,14,23H,8-13,15H2,(H,22,25). The van der Waals surface area contributed by atoms with Gasteiger partial charge in [-0.1, -0.05) is 30.3 Å². The van der Waals surface area contributed by atoms with Crippen molar-refractivity contribution in [1.29, 1.82) is 0 Å². The molecule has 2 N–H and O–H groups in total. The van der Waals surface area contributed by atoms with E-state index in [0.29, 0.717) is 0 Å². The van der Waals surface area contributed by atoms with Crippen molar-refractivity contribution in [2.45, 2.75) is 11.4 Å². The third-order valence-corrected chi connectivity index (χ3v) is 8.02. The highest BCUT2D eigenvalue weighted by Gasteiger charge is 2.29. The van der Waals surface area contributed by atoms with Gasteiger partial charge in [-0.05, 0) is 23.8 Å². The van der Waals surface area contributed by atoms with Gasteiger partial charge in [-0.15, -0.1) is 0 Å². The van der Waals surface area contributed by atoms with Gasteiger partial charge >= 0.3 is 0 Å². The van der Waals surface area contributed by atoms with Crippen molar-refractivity contribution in [3.8, 4) is 0 Å². The Kier molecular flexibility index (Phi) is 7.96. The third-order valence-electron chi connectivity index (χ3n) is 4.78. The summed E-state index contributed by atoms with van der Waals surface area (Å²) >= 11 is 0. The Morgan fingerprint density at radius 1 is 1.03 bits per heavy atom. The van der Waals surface area contributed by atoms with Gasteiger partial charge in [0.15, 0.2) is 0 Å². The zero-order chi connectivity index (χ0) is 23.2. The molecule has 2 aromatic carbocycles. The van der Waals surface area contributed by atoms with Gasteiger partial charge in [0, 0.05) is 31.7 Å². The molecule has 1 aliphatic heterocycles. The maximum absolute atomic E-state index is 14.3. The summed E-state index contributed by atoms with van der Waals surface area (Å²) in [6.07, 6.45) is 0. The molecule has 0 bridgehead atoms. The summed E-state index contributed by atoms with van der Waals surface area (Å²) in [5, 5.41) is 2.42. The third kappa shape index (κ3) is 6.33. The molecule has 1 amide bonds. The SMILES string of the molecule is O=C(NCCS(=O)(=O)NCc1ccccc1)c1ccc(F)c(S(=O)(=O)N2CCOCC2)c1. The molecule has 0 aliphatic carbocycles. The Labute approximate surface area is 186 Å². The van der Waals surface area contributed by atoms with E-state index in [2.05, 4.69) is 10.0 Å². The maximum atomic E-state index is 14.3. The van der Waals surface area contributed by atoms with Crippen molar-refractivity contribution in [3.63, 3.8) is 0 Å². The minimum atomic E-state index is -4.13. The summed E-state index contributed by atoms with van der Waals surface area (Å²) in [6.45, 7) is 0.503. The Balaban J connectivity index is 1.60. The van der Waals surface area contributed by atoms with Crippen LogP contribution < -0.4 is 10.0 Å². The van der Waals surface area contributed by atoms with Crippen molar-refractivity contribution >= 4 is 26.0 Å². The second-order valence-electron chi connectivity index (χ2n) is 7.04. The molecule has 0 atom stereocenters. The topological polar surface area (TPSA) is 122 Å². The second-order valence-corrected chi connectivity index (χ2v) is 10.9. The molecule has 0 saturated carbocycles. The minimum absolute atomic E-state index is 0.0893. The highest BCUT2D eigenvalue weighted by molar-refractivity contribution is 7.89. The first-order valence-corrected chi connectivity index (χ1v) is 13.0. The molecule has 9 nitrogen and oxygen atoms in total. The van der Waals surface area contributed by atoms with E-state index in [1.165, 1.54) is 0 Å². The van der Waals surface area contributed by atoms with Crippen LogP contribution in [-0.4, -0.2) is 65.6 Å². The van der Waals surface area contributed by atoms with Crippen LogP contribution in [-0.2, 0) is 31.3 Å². The van der Waals surface area contributed by atoms with Crippen molar-refractivity contribution in [1.82, 2.24) is 14.3 Å². The van der Waals surface area contributed by atoms with Gasteiger partial charge in [-0.25, -0.2) is 25.9 Å². The molecule has 0 unspecified atom stereocenters. The average Bonchev–Trinajstić information content (AvgIpc) is 2.79. The molecule has 174 valence electrons. The molecule has 2 aromatic rings. The molecule has 0 radical (unpaired) electrons. The first kappa shape index (κ1) is 24.3. The number of sulfonamides is 2. The number of ether oxygens (including phenoxy) is 1. The second kappa shape index (κ2) is 10.5. The fraction of sp³-hybridized carbons (Fsp3) is 0.350. The number of hydrogen-bond donors (Lipinski definition) is 2. The molecule has 0 aromatic heterocycles. The van der Waals surface area contributed by atoms with Crippen molar-refractivity contribution in [3.05, 3.63) is 65.5 Å². The van der Waals surface area contributed by atoms with Crippen LogP contribution in [0.15, 0.2) is 53.4 Å². The number of benzene rings is 2. The van der Waals surface area contributed by atoms with Crippen molar-refractivity contribution in [2.75, 3.05) is 38.6 Å². The quantitative estimate of drug-likeness (QED) is 0.539. The zero-order valence-electron chi connectivity index (χ0n) is 17.2. The Morgan fingerprint density at radius 2 is 1.72 bits per heavy atom. The molecule has 1 aliphatic rings. The van der Waals surface area contributed by atoms with Crippen LogP contribution in [0.2, 0.25) is 0 Å². The smallest absolute Gasteiger partial charge is 0.251 e. The molecule has 0 spiro atoms. The van der Waals surface area contributed by atoms with Crippen molar-refractivity contribution < 1.29 is 30.8 Å². The summed E-state index contributed by atoms with van der Waals surface area (Å²) in [5.41, 5.74) is 0.702. The number of carbonyl (C=O) groups is 1. The summed E-state index contributed by atoms with van der Waals surface area (Å²) in [4.78, 5) is 11.8. The van der Waals surface area contributed by atoms with Gasteiger partial charge in [-0.3, -0.25) is 4.79 Å². The Bertz CT molecular complexity index is 1150. The van der Waals surface area contributed by atoms with Crippen LogP contribution in [0.3, 0.4) is 0 Å². The van der Waals surface area contributed by atoms with E-state index in [9.17, 15) is 26.0 Å². The van der Waals surface area contributed by atoms with Crippen LogP contribution in [0.25, 0.3) is 0 Å². The predicted molar refractivity (Wildman–Crippen MR) is 115 cm³/mol. The molecular weight excluding hydrogens is 461 g/mol. The zero-order valence-corrected chi connectivity index (χ0v) is 18.8. The largest absolute Gasteiger partial charge is 0.379 e. The molecule has 32 heavy (non-hydrogen) atoms. The summed E-state index contributed by atoms with van der Waals surface area (Å²) < 4.78 is 72.6. The molecule has 1 fully saturated rings. The predicted octanol–water partition coefficient (Wildman–Crippen LogP) is 0.696. The number of rotatable bonds is 9. The molecule has 1 heterocycles. The highest BCUT2D eigenvalue weighted by Crippen LogP contribution is 2.21. The van der Waals surface area contributed by atoms with Crippen LogP contribution in [0, 0.1) is 5.82 Å². The lowest BCUT2D eigenvalue weighted by molar-refractivity contribution is 0.0729. The first-order chi connectivity index (χ1) is 15.2. The average molecular weight is 486 g/mol. The van der Waals surface area contributed by atoms with E-state index in [1.54, 1.807) is 24.3 Å². The van der Waals surface area contributed by atoms with E-state index in [-0.39, 0.29) is 50.7 Å². The fourth-order valence-electron chi connectivity index (χ4n) is 3.03. The number of nitrogens with one attached hydrogen (secondary N) is 2. The Hall–Kier alpha value is -2.38. The summed E-state index contributed by atoms with van der Waals surface area (Å²) in [5.74, 6) is -2.05. The van der Waals surface area contributed by atoms with Gasteiger partial charge in [0.1, 0.15) is 10.7 Å². The number of amides is 1. The van der Waals surface area contributed by atoms with Crippen LogP contribution in [0.1, 0.15) is 15.9 Å². The van der Waals surface area contributed by atoms with E-state index in [0.717, 1.165) is 28.1 Å². The lowest BCUT2D eigenvalue weighted by atomic mass is 10.2. The maximum Gasteiger partial charge on any atom is 0.251 e. The highest BCUT2D eigenvalue weighted by atomic mass is 32.2. The lowest BCUT2D eigenvalue weighted by Gasteiger charge is -2.26. The van der Waals surface area contributed by atoms with Gasteiger partial charge < -0.3 is 10.1 Å². The number of morpholine rings is 1. The first-order valence-electron chi connectivity index (χ1n) is 9.86. The Morgan fingerprint density at radius 3 is 2.41 bits per heavy atom. The summed E-state index contributed by atoms with van der Waals surface area (Å²) in [7, 11) is -7.78. The number of hydrogen-bond acceptors (Lipinski definition) is 6. The van der Waals surface area contributed by atoms with E-state index in [4.69, 9.17) is 4.74 Å². The van der Waals surface area contributed by atoms with Gasteiger partial charge in [0.05, 0.1) is 19.0 Å². The molecule has 1 saturated heterocycles. The van der Waals surface area contributed by atoms with E-state index >= 15 is 0 Å². The number of nitrogens with zero attached hydrogens (tertiary/aromatic N) is 1. The minimum Gasteiger partial charge on any atom is -0.379 e. The molecular formula is C20H24FN3O6S2.